The summed E-state index contributed by atoms with van der Waals surface area (Å²) in [7, 11) is 1.62. The number of Topliss-reactive ketones (excluding diaryl/α,β-unsaturated/α-hetero) is 1. The van der Waals surface area contributed by atoms with E-state index in [-0.39, 0.29) is 11.9 Å². The Hall–Kier alpha value is -0.340. The van der Waals surface area contributed by atoms with Gasteiger partial charge in [0, 0.05) is 13.5 Å². The number of allylic oxidation sites excluding steroid dienone is 2. The monoisotopic (exact) mass is 174 g/mol. The van der Waals surface area contributed by atoms with Crippen molar-refractivity contribution < 1.29 is 9.53 Å². The molecule has 1 rings (SSSR count). The fourth-order valence-corrected chi connectivity index (χ4v) is 1.30. The summed E-state index contributed by atoms with van der Waals surface area (Å²) in [4.78, 5) is 11.1. The molecule has 1 aliphatic carbocycles. The van der Waals surface area contributed by atoms with Crippen LogP contribution in [0.5, 0.6) is 0 Å². The van der Waals surface area contributed by atoms with E-state index in [1.54, 1.807) is 13.2 Å². The molecule has 0 aromatic heterocycles. The Kier molecular flexibility index (Phi) is 3.09. The summed E-state index contributed by atoms with van der Waals surface area (Å²) in [6.07, 6.45) is 3.96. The molecule has 0 fully saturated rings. The second kappa shape index (κ2) is 3.88. The molecule has 62 valence electrons. The van der Waals surface area contributed by atoms with Gasteiger partial charge < -0.3 is 4.74 Å². The summed E-state index contributed by atoms with van der Waals surface area (Å²) < 4.78 is 5.08. The first-order valence-electron chi connectivity index (χ1n) is 3.65. The lowest BCUT2D eigenvalue weighted by atomic mass is 10.1. The van der Waals surface area contributed by atoms with Gasteiger partial charge in [-0.1, -0.05) is 17.7 Å². The highest BCUT2D eigenvalue weighted by Gasteiger charge is 2.18. The number of methoxy groups -OCH3 is 1. The van der Waals surface area contributed by atoms with Crippen LogP contribution in [0.1, 0.15) is 19.3 Å². The molecular formula is C8H11ClO2. The summed E-state index contributed by atoms with van der Waals surface area (Å²) >= 11 is 5.65. The van der Waals surface area contributed by atoms with Crippen LogP contribution in [0.25, 0.3) is 0 Å². The maximum absolute atomic E-state index is 11.1. The van der Waals surface area contributed by atoms with Crippen molar-refractivity contribution in [2.75, 3.05) is 7.11 Å². The van der Waals surface area contributed by atoms with Gasteiger partial charge >= 0.3 is 0 Å². The zero-order valence-corrected chi connectivity index (χ0v) is 7.23. The number of carbonyl (C=O) groups excluding carboxylic acids is 1. The normalized spacial score (nSPS) is 26.2. The minimum Gasteiger partial charge on any atom is -0.381 e. The van der Waals surface area contributed by atoms with Crippen LogP contribution in [-0.2, 0) is 9.53 Å². The van der Waals surface area contributed by atoms with Crippen molar-refractivity contribution in [3.63, 3.8) is 0 Å². The third kappa shape index (κ3) is 2.31. The van der Waals surface area contributed by atoms with E-state index >= 15 is 0 Å². The molecule has 1 aliphatic rings. The van der Waals surface area contributed by atoms with Gasteiger partial charge in [-0.15, -0.1) is 0 Å². The van der Waals surface area contributed by atoms with Crippen molar-refractivity contribution in [1.82, 2.24) is 0 Å². The average molecular weight is 175 g/mol. The minimum atomic E-state index is -0.00369. The minimum absolute atomic E-state index is 0.00369. The summed E-state index contributed by atoms with van der Waals surface area (Å²) in [5, 5.41) is 0.365. The molecule has 0 N–H and O–H groups in total. The number of rotatable bonds is 1. The van der Waals surface area contributed by atoms with Crippen LogP contribution in [0.3, 0.4) is 0 Å². The van der Waals surface area contributed by atoms with Gasteiger partial charge in [-0.3, -0.25) is 4.79 Å². The van der Waals surface area contributed by atoms with E-state index in [4.69, 9.17) is 16.3 Å². The molecule has 1 unspecified atom stereocenters. The SMILES string of the molecule is COC1CCC=C(Cl)C(=O)C1. The molecule has 0 radical (unpaired) electrons. The molecule has 0 saturated heterocycles. The van der Waals surface area contributed by atoms with Gasteiger partial charge in [-0.2, -0.15) is 0 Å². The molecule has 0 saturated carbocycles. The van der Waals surface area contributed by atoms with E-state index in [1.807, 2.05) is 0 Å². The van der Waals surface area contributed by atoms with Crippen molar-refractivity contribution in [2.24, 2.45) is 0 Å². The second-order valence-electron chi connectivity index (χ2n) is 2.61. The number of hydrogen-bond donors (Lipinski definition) is 0. The van der Waals surface area contributed by atoms with Crippen LogP contribution in [0.4, 0.5) is 0 Å². The average Bonchev–Trinajstić information content (AvgIpc) is 2.15. The van der Waals surface area contributed by atoms with Crippen molar-refractivity contribution in [3.05, 3.63) is 11.1 Å². The van der Waals surface area contributed by atoms with E-state index in [9.17, 15) is 4.79 Å². The molecule has 0 bridgehead atoms. The van der Waals surface area contributed by atoms with Gasteiger partial charge in [0.2, 0.25) is 0 Å². The molecule has 0 heterocycles. The first-order chi connectivity index (χ1) is 5.24. The van der Waals surface area contributed by atoms with Crippen LogP contribution in [0.2, 0.25) is 0 Å². The third-order valence-electron chi connectivity index (χ3n) is 1.82. The van der Waals surface area contributed by atoms with Crippen molar-refractivity contribution >= 4 is 17.4 Å². The summed E-state index contributed by atoms with van der Waals surface area (Å²) in [6.45, 7) is 0. The fourth-order valence-electron chi connectivity index (χ4n) is 1.12. The molecule has 2 nitrogen and oxygen atoms in total. The van der Waals surface area contributed by atoms with E-state index in [0.717, 1.165) is 12.8 Å². The predicted molar refractivity (Wildman–Crippen MR) is 43.6 cm³/mol. The Labute approximate surface area is 71.2 Å². The lowest BCUT2D eigenvalue weighted by Gasteiger charge is -2.09. The molecule has 1 atom stereocenters. The molecule has 0 aromatic carbocycles. The van der Waals surface area contributed by atoms with Gasteiger partial charge in [-0.05, 0) is 12.8 Å². The molecule has 0 aromatic rings. The zero-order chi connectivity index (χ0) is 8.27. The Morgan fingerprint density at radius 2 is 2.45 bits per heavy atom. The standard InChI is InChI=1S/C8H11ClO2/c1-11-6-3-2-4-7(9)8(10)5-6/h4,6H,2-3,5H2,1H3. The quantitative estimate of drug-likeness (QED) is 0.607. The fraction of sp³-hybridized carbons (Fsp3) is 0.625. The van der Waals surface area contributed by atoms with E-state index in [1.165, 1.54) is 0 Å². The summed E-state index contributed by atoms with van der Waals surface area (Å²) in [6, 6.07) is 0. The summed E-state index contributed by atoms with van der Waals surface area (Å²) in [5.74, 6) is -0.00369. The molecule has 0 spiro atoms. The molecule has 0 aliphatic heterocycles. The number of carbonyl (C=O) groups is 1. The Morgan fingerprint density at radius 1 is 1.73 bits per heavy atom. The highest BCUT2D eigenvalue weighted by molar-refractivity contribution is 6.42. The van der Waals surface area contributed by atoms with Crippen molar-refractivity contribution in [3.8, 4) is 0 Å². The highest BCUT2D eigenvalue weighted by atomic mass is 35.5. The number of halogens is 1. The van der Waals surface area contributed by atoms with Crippen molar-refractivity contribution in [1.29, 1.82) is 0 Å². The van der Waals surface area contributed by atoms with E-state index in [2.05, 4.69) is 0 Å². The van der Waals surface area contributed by atoms with Crippen LogP contribution in [0, 0.1) is 0 Å². The van der Waals surface area contributed by atoms with Gasteiger partial charge in [0.25, 0.3) is 0 Å². The zero-order valence-electron chi connectivity index (χ0n) is 6.47. The van der Waals surface area contributed by atoms with Crippen LogP contribution >= 0.6 is 11.6 Å². The predicted octanol–water partition coefficient (Wildman–Crippen LogP) is 1.88. The van der Waals surface area contributed by atoms with E-state index in [0.29, 0.717) is 11.5 Å². The highest BCUT2D eigenvalue weighted by Crippen LogP contribution is 2.18. The molecule has 0 amide bonds. The van der Waals surface area contributed by atoms with Gasteiger partial charge in [0.05, 0.1) is 11.1 Å². The number of ketones is 1. The molecule has 11 heavy (non-hydrogen) atoms. The Morgan fingerprint density at radius 3 is 3.09 bits per heavy atom. The Bertz CT molecular complexity index is 187. The topological polar surface area (TPSA) is 26.3 Å². The van der Waals surface area contributed by atoms with Crippen molar-refractivity contribution in [2.45, 2.75) is 25.4 Å². The van der Waals surface area contributed by atoms with Crippen LogP contribution in [-0.4, -0.2) is 19.0 Å². The van der Waals surface area contributed by atoms with Gasteiger partial charge in [0.1, 0.15) is 0 Å². The van der Waals surface area contributed by atoms with Crippen LogP contribution < -0.4 is 0 Å². The lowest BCUT2D eigenvalue weighted by molar-refractivity contribution is -0.117. The first kappa shape index (κ1) is 8.75. The first-order valence-corrected chi connectivity index (χ1v) is 4.03. The summed E-state index contributed by atoms with van der Waals surface area (Å²) in [5.41, 5.74) is 0. The molecule has 3 heteroatoms. The second-order valence-corrected chi connectivity index (χ2v) is 3.02. The third-order valence-corrected chi connectivity index (χ3v) is 2.19. The number of hydrogen-bond acceptors (Lipinski definition) is 2. The van der Waals surface area contributed by atoms with E-state index < -0.39 is 0 Å². The maximum atomic E-state index is 11.1. The Balaban J connectivity index is 2.59. The molecular weight excluding hydrogens is 164 g/mol. The lowest BCUT2D eigenvalue weighted by Crippen LogP contribution is -2.13. The maximum Gasteiger partial charge on any atom is 0.176 e. The smallest absolute Gasteiger partial charge is 0.176 e. The largest absolute Gasteiger partial charge is 0.381 e. The number of ether oxygens (including phenoxy) is 1. The van der Waals surface area contributed by atoms with Gasteiger partial charge in [0.15, 0.2) is 5.78 Å². The van der Waals surface area contributed by atoms with Gasteiger partial charge in [-0.25, -0.2) is 0 Å². The van der Waals surface area contributed by atoms with Crippen LogP contribution in [0.15, 0.2) is 11.1 Å².